The first kappa shape index (κ1) is 17.2. The Bertz CT molecular complexity index is 574. The zero-order valence-electron chi connectivity index (χ0n) is 11.6. The first-order valence-electron chi connectivity index (χ1n) is 6.44. The van der Waals surface area contributed by atoms with Crippen molar-refractivity contribution >= 4 is 29.9 Å². The minimum atomic E-state index is -0.880. The predicted octanol–water partition coefficient (Wildman–Crippen LogP) is 2.58. The maximum Gasteiger partial charge on any atom is 0.308 e. The summed E-state index contributed by atoms with van der Waals surface area (Å²) in [4.78, 5) is 24.4. The average molecular weight is 314 g/mol. The second-order valence-electron chi connectivity index (χ2n) is 4.92. The standard InChI is InChI=1S/C15H16FNO3.ClH/c1-10(12-4-2-3-5-13(12)16)8-14(18)17-7-6-11(9-17)15(19)20;/h2-5,8,11H,6-7,9H2,1H3,(H,19,20);1H/b10-8+;. The second kappa shape index (κ2) is 7.22. The van der Waals surface area contributed by atoms with E-state index in [4.69, 9.17) is 5.11 Å². The van der Waals surface area contributed by atoms with Crippen LogP contribution < -0.4 is 0 Å². The number of likely N-dealkylation sites (tertiary alicyclic amines) is 1. The largest absolute Gasteiger partial charge is 0.481 e. The van der Waals surface area contributed by atoms with Crippen LogP contribution >= 0.6 is 12.4 Å². The molecule has 0 bridgehead atoms. The van der Waals surface area contributed by atoms with Crippen LogP contribution in [0.3, 0.4) is 0 Å². The lowest BCUT2D eigenvalue weighted by Crippen LogP contribution is -2.28. The fraction of sp³-hybridized carbons (Fsp3) is 0.333. The number of carboxylic acid groups (broad SMARTS) is 1. The van der Waals surface area contributed by atoms with E-state index in [0.717, 1.165) is 0 Å². The Morgan fingerprint density at radius 2 is 2.05 bits per heavy atom. The number of amides is 1. The molecule has 1 fully saturated rings. The van der Waals surface area contributed by atoms with Crippen molar-refractivity contribution < 1.29 is 19.1 Å². The van der Waals surface area contributed by atoms with E-state index in [1.54, 1.807) is 25.1 Å². The van der Waals surface area contributed by atoms with Crippen LogP contribution in [0.2, 0.25) is 0 Å². The Balaban J connectivity index is 0.00000220. The van der Waals surface area contributed by atoms with Crippen molar-refractivity contribution in [3.63, 3.8) is 0 Å². The highest BCUT2D eigenvalue weighted by Crippen LogP contribution is 2.20. The van der Waals surface area contributed by atoms with Crippen LogP contribution in [0.5, 0.6) is 0 Å². The Labute approximate surface area is 128 Å². The molecular formula is C15H17ClFNO3. The lowest BCUT2D eigenvalue weighted by Gasteiger charge is -2.14. The molecule has 0 spiro atoms. The lowest BCUT2D eigenvalue weighted by molar-refractivity contribution is -0.141. The van der Waals surface area contributed by atoms with Gasteiger partial charge in [-0.15, -0.1) is 12.4 Å². The molecule has 1 aromatic rings. The fourth-order valence-electron chi connectivity index (χ4n) is 2.30. The number of aliphatic carboxylic acids is 1. The van der Waals surface area contributed by atoms with Gasteiger partial charge in [-0.25, -0.2) is 4.39 Å². The van der Waals surface area contributed by atoms with Gasteiger partial charge >= 0.3 is 5.97 Å². The number of carboxylic acids is 1. The van der Waals surface area contributed by atoms with E-state index in [-0.39, 0.29) is 30.7 Å². The van der Waals surface area contributed by atoms with Crippen molar-refractivity contribution in [2.24, 2.45) is 5.92 Å². The van der Waals surface area contributed by atoms with Gasteiger partial charge < -0.3 is 10.0 Å². The number of allylic oxidation sites excluding steroid dienone is 1. The highest BCUT2D eigenvalue weighted by atomic mass is 35.5. The summed E-state index contributed by atoms with van der Waals surface area (Å²) in [5, 5.41) is 8.91. The molecule has 0 radical (unpaired) electrons. The van der Waals surface area contributed by atoms with E-state index < -0.39 is 11.9 Å². The van der Waals surface area contributed by atoms with E-state index >= 15 is 0 Å². The molecule has 21 heavy (non-hydrogen) atoms. The molecule has 6 heteroatoms. The molecule has 0 aliphatic carbocycles. The number of halogens is 2. The summed E-state index contributed by atoms with van der Waals surface area (Å²) in [5.41, 5.74) is 0.918. The number of hydrogen-bond acceptors (Lipinski definition) is 2. The first-order chi connectivity index (χ1) is 9.49. The first-order valence-corrected chi connectivity index (χ1v) is 6.44. The summed E-state index contributed by atoms with van der Waals surface area (Å²) in [5.74, 6) is -2.02. The van der Waals surface area contributed by atoms with Gasteiger partial charge in [0.05, 0.1) is 5.92 Å². The number of carbonyl (C=O) groups excluding carboxylic acids is 1. The Hall–Kier alpha value is -1.88. The Kier molecular flexibility index (Phi) is 5.90. The summed E-state index contributed by atoms with van der Waals surface area (Å²) >= 11 is 0. The van der Waals surface area contributed by atoms with Gasteiger partial charge in [-0.05, 0) is 25.0 Å². The zero-order chi connectivity index (χ0) is 14.7. The quantitative estimate of drug-likeness (QED) is 0.873. The van der Waals surface area contributed by atoms with Crippen molar-refractivity contribution in [3.8, 4) is 0 Å². The average Bonchev–Trinajstić information content (AvgIpc) is 2.88. The number of hydrogen-bond donors (Lipinski definition) is 1. The molecule has 1 aliphatic heterocycles. The molecule has 0 saturated carbocycles. The fourth-order valence-corrected chi connectivity index (χ4v) is 2.30. The number of nitrogens with zero attached hydrogens (tertiary/aromatic N) is 1. The van der Waals surface area contributed by atoms with Crippen LogP contribution in [-0.4, -0.2) is 35.0 Å². The Morgan fingerprint density at radius 1 is 1.38 bits per heavy atom. The van der Waals surface area contributed by atoms with Gasteiger partial charge in [0.25, 0.3) is 0 Å². The third-order valence-electron chi connectivity index (χ3n) is 3.49. The van der Waals surface area contributed by atoms with Crippen molar-refractivity contribution in [2.75, 3.05) is 13.1 Å². The molecule has 2 rings (SSSR count). The Morgan fingerprint density at radius 3 is 2.62 bits per heavy atom. The molecule has 4 nitrogen and oxygen atoms in total. The van der Waals surface area contributed by atoms with Crippen LogP contribution in [0.1, 0.15) is 18.9 Å². The van der Waals surface area contributed by atoms with E-state index in [9.17, 15) is 14.0 Å². The third-order valence-corrected chi connectivity index (χ3v) is 3.49. The van der Waals surface area contributed by atoms with Crippen LogP contribution in [0.15, 0.2) is 30.3 Å². The van der Waals surface area contributed by atoms with Crippen molar-refractivity contribution in [2.45, 2.75) is 13.3 Å². The second-order valence-corrected chi connectivity index (χ2v) is 4.92. The minimum absolute atomic E-state index is 0. The molecule has 1 unspecified atom stereocenters. The number of rotatable bonds is 3. The van der Waals surface area contributed by atoms with Crippen molar-refractivity contribution in [1.29, 1.82) is 0 Å². The van der Waals surface area contributed by atoms with Gasteiger partial charge in [-0.1, -0.05) is 18.2 Å². The van der Waals surface area contributed by atoms with Crippen molar-refractivity contribution in [3.05, 3.63) is 41.7 Å². The molecule has 1 heterocycles. The summed E-state index contributed by atoms with van der Waals surface area (Å²) in [7, 11) is 0. The van der Waals surface area contributed by atoms with Crippen LogP contribution in [0, 0.1) is 11.7 Å². The highest BCUT2D eigenvalue weighted by Gasteiger charge is 2.30. The van der Waals surface area contributed by atoms with E-state index in [1.807, 2.05) is 0 Å². The predicted molar refractivity (Wildman–Crippen MR) is 79.6 cm³/mol. The summed E-state index contributed by atoms with van der Waals surface area (Å²) in [6.07, 6.45) is 1.83. The summed E-state index contributed by atoms with van der Waals surface area (Å²) in [6.45, 7) is 2.31. The maximum absolute atomic E-state index is 13.6. The molecule has 114 valence electrons. The van der Waals surface area contributed by atoms with Crippen LogP contribution in [0.4, 0.5) is 4.39 Å². The lowest BCUT2D eigenvalue weighted by atomic mass is 10.1. The van der Waals surface area contributed by atoms with Gasteiger partial charge in [-0.3, -0.25) is 9.59 Å². The number of benzene rings is 1. The maximum atomic E-state index is 13.6. The molecule has 1 N–H and O–H groups in total. The molecule has 1 amide bonds. The smallest absolute Gasteiger partial charge is 0.308 e. The molecule has 1 atom stereocenters. The molecule has 1 aliphatic rings. The normalized spacial score (nSPS) is 18.3. The van der Waals surface area contributed by atoms with Gasteiger partial charge in [0.15, 0.2) is 0 Å². The monoisotopic (exact) mass is 313 g/mol. The molecule has 0 aromatic heterocycles. The molecular weight excluding hydrogens is 297 g/mol. The third kappa shape index (κ3) is 4.04. The van der Waals surface area contributed by atoms with E-state index in [1.165, 1.54) is 17.0 Å². The summed E-state index contributed by atoms with van der Waals surface area (Å²) in [6, 6.07) is 6.24. The number of carbonyl (C=O) groups is 2. The van der Waals surface area contributed by atoms with Crippen molar-refractivity contribution in [1.82, 2.24) is 4.90 Å². The van der Waals surface area contributed by atoms with Crippen LogP contribution in [0.25, 0.3) is 5.57 Å². The van der Waals surface area contributed by atoms with E-state index in [2.05, 4.69) is 0 Å². The topological polar surface area (TPSA) is 57.6 Å². The van der Waals surface area contributed by atoms with Gasteiger partial charge in [-0.2, -0.15) is 0 Å². The highest BCUT2D eigenvalue weighted by molar-refractivity contribution is 5.95. The SMILES string of the molecule is C/C(=C\C(=O)N1CCC(C(=O)O)C1)c1ccccc1F.Cl. The summed E-state index contributed by atoms with van der Waals surface area (Å²) < 4.78 is 13.6. The van der Waals surface area contributed by atoms with Gasteiger partial charge in [0.1, 0.15) is 5.82 Å². The molecule has 1 aromatic carbocycles. The van der Waals surface area contributed by atoms with Gasteiger partial charge in [0.2, 0.25) is 5.91 Å². The van der Waals surface area contributed by atoms with E-state index in [0.29, 0.717) is 24.1 Å². The zero-order valence-corrected chi connectivity index (χ0v) is 12.4. The van der Waals surface area contributed by atoms with Crippen LogP contribution in [-0.2, 0) is 9.59 Å². The minimum Gasteiger partial charge on any atom is -0.481 e. The molecule has 1 saturated heterocycles. The van der Waals surface area contributed by atoms with Gasteiger partial charge in [0, 0.05) is 24.7 Å².